The van der Waals surface area contributed by atoms with Crippen molar-refractivity contribution in [3.05, 3.63) is 84.3 Å². The van der Waals surface area contributed by atoms with E-state index in [4.69, 9.17) is 0 Å². The van der Waals surface area contributed by atoms with Gasteiger partial charge in [0.15, 0.2) is 0 Å². The van der Waals surface area contributed by atoms with E-state index >= 15 is 0 Å². The summed E-state index contributed by atoms with van der Waals surface area (Å²) in [5, 5.41) is 4.97. The van der Waals surface area contributed by atoms with Gasteiger partial charge in [0.1, 0.15) is 34.6 Å². The smallest absolute Gasteiger partial charge is 0.305 e. The van der Waals surface area contributed by atoms with Gasteiger partial charge in [-0.1, -0.05) is 6.07 Å². The number of carbonyl (C=O) groups is 1. The number of hydrogen-bond acceptors (Lipinski definition) is 2. The number of rotatable bonds is 3. The van der Waals surface area contributed by atoms with Crippen LogP contribution in [0, 0.1) is 17.5 Å². The Bertz CT molecular complexity index is 1170. The molecule has 0 saturated carbocycles. The maximum absolute atomic E-state index is 13.8. The summed E-state index contributed by atoms with van der Waals surface area (Å²) in [6, 6.07) is 13.0. The van der Waals surface area contributed by atoms with Crippen molar-refractivity contribution in [2.24, 2.45) is 0 Å². The van der Waals surface area contributed by atoms with Crippen molar-refractivity contribution >= 4 is 23.2 Å². The summed E-state index contributed by atoms with van der Waals surface area (Å²) in [6.45, 7) is 0. The standard InChI is InChI=1S/C20H13F3N4O/c21-13-6-4-12(5-7-13)18-19(27-10-2-1-3-17(27)25-18)26-20(28)24-16-9-8-14(22)11-15(16)23/h1-11H,(H2,24,26,28). The number of nitrogens with zero attached hydrogens (tertiary/aromatic N) is 2. The zero-order chi connectivity index (χ0) is 19.7. The third-order valence-corrected chi connectivity index (χ3v) is 4.06. The van der Waals surface area contributed by atoms with Gasteiger partial charge in [-0.25, -0.2) is 22.9 Å². The Morgan fingerprint density at radius 3 is 2.39 bits per heavy atom. The first kappa shape index (κ1) is 17.6. The summed E-state index contributed by atoms with van der Waals surface area (Å²) < 4.78 is 41.7. The molecule has 0 aliphatic rings. The molecule has 2 amide bonds. The van der Waals surface area contributed by atoms with Crippen molar-refractivity contribution in [1.82, 2.24) is 9.38 Å². The van der Waals surface area contributed by atoms with E-state index in [9.17, 15) is 18.0 Å². The van der Waals surface area contributed by atoms with Crippen LogP contribution in [0.5, 0.6) is 0 Å². The van der Waals surface area contributed by atoms with Crippen LogP contribution in [0.3, 0.4) is 0 Å². The molecule has 0 aliphatic heterocycles. The number of urea groups is 1. The van der Waals surface area contributed by atoms with Crippen molar-refractivity contribution < 1.29 is 18.0 Å². The molecule has 2 heterocycles. The maximum atomic E-state index is 13.8. The molecule has 2 aromatic heterocycles. The third-order valence-electron chi connectivity index (χ3n) is 4.06. The van der Waals surface area contributed by atoms with Crippen LogP contribution in [0.4, 0.5) is 29.5 Å². The van der Waals surface area contributed by atoms with E-state index in [1.54, 1.807) is 40.9 Å². The molecule has 5 nitrogen and oxygen atoms in total. The number of imidazole rings is 1. The molecule has 0 unspecified atom stereocenters. The van der Waals surface area contributed by atoms with Gasteiger partial charge in [-0.15, -0.1) is 0 Å². The fourth-order valence-electron chi connectivity index (χ4n) is 2.78. The molecular formula is C20H13F3N4O. The maximum Gasteiger partial charge on any atom is 0.324 e. The SMILES string of the molecule is O=C(Nc1ccc(F)cc1F)Nc1c(-c2ccc(F)cc2)nc2ccccn12. The van der Waals surface area contributed by atoms with Gasteiger partial charge in [0.2, 0.25) is 0 Å². The first-order valence-electron chi connectivity index (χ1n) is 8.27. The van der Waals surface area contributed by atoms with Crippen LogP contribution in [0.25, 0.3) is 16.9 Å². The topological polar surface area (TPSA) is 58.4 Å². The highest BCUT2D eigenvalue weighted by Gasteiger charge is 2.17. The first-order valence-corrected chi connectivity index (χ1v) is 8.27. The number of pyridine rings is 1. The Morgan fingerprint density at radius 2 is 1.64 bits per heavy atom. The molecule has 0 radical (unpaired) electrons. The first-order chi connectivity index (χ1) is 13.5. The average molecular weight is 382 g/mol. The van der Waals surface area contributed by atoms with Crippen LogP contribution in [-0.4, -0.2) is 15.4 Å². The molecule has 0 atom stereocenters. The molecule has 2 aromatic carbocycles. The highest BCUT2D eigenvalue weighted by Crippen LogP contribution is 2.29. The number of benzene rings is 2. The number of halogens is 3. The van der Waals surface area contributed by atoms with Crippen molar-refractivity contribution in [1.29, 1.82) is 0 Å². The van der Waals surface area contributed by atoms with E-state index in [1.807, 2.05) is 0 Å². The molecule has 0 fully saturated rings. The Kier molecular flexibility index (Phi) is 4.44. The summed E-state index contributed by atoms with van der Waals surface area (Å²) in [4.78, 5) is 16.9. The van der Waals surface area contributed by atoms with E-state index in [1.165, 1.54) is 12.1 Å². The lowest BCUT2D eigenvalue weighted by molar-refractivity contribution is 0.262. The lowest BCUT2D eigenvalue weighted by Crippen LogP contribution is -2.21. The van der Waals surface area contributed by atoms with Crippen LogP contribution in [0.1, 0.15) is 0 Å². The molecule has 0 spiro atoms. The highest BCUT2D eigenvalue weighted by atomic mass is 19.1. The third kappa shape index (κ3) is 3.39. The minimum Gasteiger partial charge on any atom is -0.305 e. The predicted molar refractivity (Wildman–Crippen MR) is 99.6 cm³/mol. The van der Waals surface area contributed by atoms with Crippen LogP contribution >= 0.6 is 0 Å². The Morgan fingerprint density at radius 1 is 0.893 bits per heavy atom. The van der Waals surface area contributed by atoms with Crippen LogP contribution in [0.2, 0.25) is 0 Å². The number of hydrogen-bond donors (Lipinski definition) is 2. The molecule has 0 aliphatic carbocycles. The second-order valence-electron chi connectivity index (χ2n) is 5.95. The van der Waals surface area contributed by atoms with Crippen LogP contribution in [-0.2, 0) is 0 Å². The van der Waals surface area contributed by atoms with Gasteiger partial charge in [-0.2, -0.15) is 0 Å². The monoisotopic (exact) mass is 382 g/mol. The summed E-state index contributed by atoms with van der Waals surface area (Å²) in [7, 11) is 0. The minimum absolute atomic E-state index is 0.170. The molecule has 4 rings (SSSR count). The fraction of sp³-hybridized carbons (Fsp3) is 0. The summed E-state index contributed by atoms with van der Waals surface area (Å²) >= 11 is 0. The van der Waals surface area contributed by atoms with Crippen molar-refractivity contribution in [3.63, 3.8) is 0 Å². The number of amides is 2. The second kappa shape index (κ2) is 7.07. The minimum atomic E-state index is -0.896. The molecular weight excluding hydrogens is 369 g/mol. The van der Waals surface area contributed by atoms with E-state index in [-0.39, 0.29) is 5.69 Å². The Balaban J connectivity index is 1.70. The molecule has 2 N–H and O–H groups in total. The number of aromatic nitrogens is 2. The molecule has 0 saturated heterocycles. The molecule has 140 valence electrons. The van der Waals surface area contributed by atoms with Crippen LogP contribution in [0.15, 0.2) is 66.9 Å². The van der Waals surface area contributed by atoms with Crippen LogP contribution < -0.4 is 10.6 Å². The lowest BCUT2D eigenvalue weighted by Gasteiger charge is -2.10. The highest BCUT2D eigenvalue weighted by molar-refractivity contribution is 6.01. The summed E-state index contributed by atoms with van der Waals surface area (Å²) in [5.74, 6) is -1.72. The molecule has 28 heavy (non-hydrogen) atoms. The number of carbonyl (C=O) groups excluding carboxylic acids is 1. The Labute approximate surface area is 157 Å². The second-order valence-corrected chi connectivity index (χ2v) is 5.95. The van der Waals surface area contributed by atoms with Crippen molar-refractivity contribution in [3.8, 4) is 11.3 Å². The van der Waals surface area contributed by atoms with Gasteiger partial charge in [-0.05, 0) is 48.5 Å². The summed E-state index contributed by atoms with van der Waals surface area (Å²) in [6.07, 6.45) is 1.70. The zero-order valence-corrected chi connectivity index (χ0v) is 14.3. The van der Waals surface area contributed by atoms with Gasteiger partial charge >= 0.3 is 6.03 Å². The van der Waals surface area contributed by atoms with E-state index in [2.05, 4.69) is 15.6 Å². The summed E-state index contributed by atoms with van der Waals surface area (Å²) in [5.41, 5.74) is 1.40. The largest absolute Gasteiger partial charge is 0.324 e. The number of anilines is 2. The number of nitrogens with one attached hydrogen (secondary N) is 2. The average Bonchev–Trinajstić information content (AvgIpc) is 3.03. The lowest BCUT2D eigenvalue weighted by atomic mass is 10.1. The van der Waals surface area contributed by atoms with Gasteiger partial charge in [0.25, 0.3) is 0 Å². The van der Waals surface area contributed by atoms with E-state index in [0.717, 1.165) is 12.1 Å². The van der Waals surface area contributed by atoms with Gasteiger partial charge in [0.05, 0.1) is 5.69 Å². The van der Waals surface area contributed by atoms with E-state index < -0.39 is 23.5 Å². The number of fused-ring (bicyclic) bond motifs is 1. The predicted octanol–water partition coefficient (Wildman–Crippen LogP) is 5.06. The quantitative estimate of drug-likeness (QED) is 0.520. The van der Waals surface area contributed by atoms with Crippen molar-refractivity contribution in [2.45, 2.75) is 0 Å². The van der Waals surface area contributed by atoms with E-state index in [0.29, 0.717) is 28.8 Å². The van der Waals surface area contributed by atoms with Gasteiger partial charge < -0.3 is 5.32 Å². The van der Waals surface area contributed by atoms with Crippen molar-refractivity contribution in [2.75, 3.05) is 10.6 Å². The molecule has 8 heteroatoms. The normalized spacial score (nSPS) is 10.8. The van der Waals surface area contributed by atoms with Gasteiger partial charge in [-0.3, -0.25) is 9.72 Å². The molecule has 0 bridgehead atoms. The molecule has 4 aromatic rings. The fourth-order valence-corrected chi connectivity index (χ4v) is 2.78. The zero-order valence-electron chi connectivity index (χ0n) is 14.3. The Hall–Kier alpha value is -3.81. The van der Waals surface area contributed by atoms with Gasteiger partial charge in [0, 0.05) is 17.8 Å².